The zero-order valence-corrected chi connectivity index (χ0v) is 15.4. The fourth-order valence-corrected chi connectivity index (χ4v) is 4.24. The normalized spacial score (nSPS) is 21.0. The zero-order valence-electron chi connectivity index (χ0n) is 15.4. The molecular weight excluding hydrogens is 351 g/mol. The molecule has 7 heteroatoms. The molecule has 1 aliphatic carbocycles. The molecule has 2 atom stereocenters. The maximum Gasteiger partial charge on any atom is 0.341 e. The molecule has 1 saturated carbocycles. The largest absolute Gasteiger partial charge is 0.477 e. The van der Waals surface area contributed by atoms with Gasteiger partial charge in [0.05, 0.1) is 17.3 Å². The van der Waals surface area contributed by atoms with Gasteiger partial charge in [0.2, 0.25) is 5.43 Å². The van der Waals surface area contributed by atoms with Crippen LogP contribution in [0.3, 0.4) is 0 Å². The first-order chi connectivity index (χ1) is 12.8. The number of benzene rings is 1. The summed E-state index contributed by atoms with van der Waals surface area (Å²) >= 11 is 0. The van der Waals surface area contributed by atoms with E-state index in [1.54, 1.807) is 13.8 Å². The van der Waals surface area contributed by atoms with Gasteiger partial charge >= 0.3 is 5.97 Å². The van der Waals surface area contributed by atoms with Gasteiger partial charge in [0.1, 0.15) is 11.4 Å². The minimum atomic E-state index is -1.29. The van der Waals surface area contributed by atoms with Crippen molar-refractivity contribution < 1.29 is 19.4 Å². The second-order valence-electron chi connectivity index (χ2n) is 7.78. The van der Waals surface area contributed by atoms with E-state index < -0.39 is 23.3 Å². The van der Waals surface area contributed by atoms with Gasteiger partial charge in [0, 0.05) is 36.6 Å². The number of carbonyl (C=O) groups is 1. The summed E-state index contributed by atoms with van der Waals surface area (Å²) in [7, 11) is 0. The van der Waals surface area contributed by atoms with Crippen LogP contribution >= 0.6 is 0 Å². The summed E-state index contributed by atoms with van der Waals surface area (Å²) in [6.07, 6.45) is 3.55. The van der Waals surface area contributed by atoms with Crippen molar-refractivity contribution >= 4 is 22.6 Å². The minimum Gasteiger partial charge on any atom is -0.477 e. The van der Waals surface area contributed by atoms with Crippen molar-refractivity contribution in [2.75, 3.05) is 18.0 Å². The second kappa shape index (κ2) is 6.34. The van der Waals surface area contributed by atoms with Crippen molar-refractivity contribution in [2.24, 2.45) is 5.92 Å². The monoisotopic (exact) mass is 374 g/mol. The lowest BCUT2D eigenvalue weighted by Gasteiger charge is -2.25. The number of carboxylic acid groups (broad SMARTS) is 1. The van der Waals surface area contributed by atoms with Gasteiger partial charge in [-0.2, -0.15) is 0 Å². The Balaban J connectivity index is 1.94. The average Bonchev–Trinajstić information content (AvgIpc) is 3.32. The van der Waals surface area contributed by atoms with Crippen LogP contribution in [0.4, 0.5) is 10.1 Å². The van der Waals surface area contributed by atoms with Crippen LogP contribution in [0, 0.1) is 18.7 Å². The van der Waals surface area contributed by atoms with E-state index in [9.17, 15) is 19.8 Å². The number of halogens is 1. The molecule has 144 valence electrons. The summed E-state index contributed by atoms with van der Waals surface area (Å²) in [6.45, 7) is 4.73. The van der Waals surface area contributed by atoms with E-state index in [1.807, 2.05) is 9.47 Å². The number of fused-ring (bicyclic) bond motifs is 1. The fourth-order valence-electron chi connectivity index (χ4n) is 4.24. The van der Waals surface area contributed by atoms with Crippen molar-refractivity contribution in [1.82, 2.24) is 4.57 Å². The van der Waals surface area contributed by atoms with Crippen LogP contribution in [-0.2, 0) is 0 Å². The lowest BCUT2D eigenvalue weighted by atomic mass is 10.0. The van der Waals surface area contributed by atoms with E-state index in [-0.39, 0.29) is 22.9 Å². The van der Waals surface area contributed by atoms with Gasteiger partial charge in [-0.3, -0.25) is 4.79 Å². The first-order valence-electron chi connectivity index (χ1n) is 9.33. The summed E-state index contributed by atoms with van der Waals surface area (Å²) < 4.78 is 16.9. The highest BCUT2D eigenvalue weighted by atomic mass is 19.1. The Morgan fingerprint density at radius 1 is 1.33 bits per heavy atom. The Kier molecular flexibility index (Phi) is 4.22. The molecule has 2 fully saturated rings. The molecule has 2 unspecified atom stereocenters. The molecule has 0 radical (unpaired) electrons. The molecule has 0 bridgehead atoms. The maximum absolute atomic E-state index is 15.0. The number of nitrogens with zero attached hydrogens (tertiary/aromatic N) is 2. The maximum atomic E-state index is 15.0. The Hall–Kier alpha value is -2.41. The summed E-state index contributed by atoms with van der Waals surface area (Å²) in [5, 5.41) is 19.3. The lowest BCUT2D eigenvalue weighted by molar-refractivity contribution is 0.0694. The Bertz CT molecular complexity index is 994. The smallest absolute Gasteiger partial charge is 0.341 e. The van der Waals surface area contributed by atoms with E-state index in [0.717, 1.165) is 19.3 Å². The molecule has 4 rings (SSSR count). The quantitative estimate of drug-likeness (QED) is 0.860. The van der Waals surface area contributed by atoms with E-state index in [4.69, 9.17) is 0 Å². The lowest BCUT2D eigenvalue weighted by Crippen LogP contribution is -2.26. The van der Waals surface area contributed by atoms with Crippen LogP contribution in [-0.4, -0.2) is 39.9 Å². The highest BCUT2D eigenvalue weighted by Gasteiger charge is 2.32. The Morgan fingerprint density at radius 3 is 2.59 bits per heavy atom. The Labute approximate surface area is 155 Å². The van der Waals surface area contributed by atoms with E-state index in [2.05, 4.69) is 0 Å². The predicted molar refractivity (Wildman–Crippen MR) is 100 cm³/mol. The molecule has 0 amide bonds. The topological polar surface area (TPSA) is 82.8 Å². The van der Waals surface area contributed by atoms with Crippen LogP contribution in [0.2, 0.25) is 0 Å². The summed E-state index contributed by atoms with van der Waals surface area (Å²) in [5.41, 5.74) is 0.742. The third-order valence-corrected chi connectivity index (χ3v) is 5.87. The third kappa shape index (κ3) is 2.90. The van der Waals surface area contributed by atoms with Gasteiger partial charge in [0.25, 0.3) is 0 Å². The molecule has 6 nitrogen and oxygen atoms in total. The van der Waals surface area contributed by atoms with E-state index in [0.29, 0.717) is 29.9 Å². The molecule has 27 heavy (non-hydrogen) atoms. The minimum absolute atomic E-state index is 0.0829. The number of aryl methyl sites for hydroxylation is 1. The highest BCUT2D eigenvalue weighted by Crippen LogP contribution is 2.40. The second-order valence-corrected chi connectivity index (χ2v) is 7.78. The fraction of sp³-hybridized carbons (Fsp3) is 0.500. The first kappa shape index (κ1) is 18.0. The number of carboxylic acids is 1. The van der Waals surface area contributed by atoms with Crippen LogP contribution in [0.1, 0.15) is 48.1 Å². The molecular formula is C20H23FN2O4. The van der Waals surface area contributed by atoms with Gasteiger partial charge in [-0.25, -0.2) is 9.18 Å². The van der Waals surface area contributed by atoms with E-state index >= 15 is 4.39 Å². The van der Waals surface area contributed by atoms with Crippen molar-refractivity contribution in [1.29, 1.82) is 0 Å². The molecule has 2 heterocycles. The molecule has 1 aromatic carbocycles. The van der Waals surface area contributed by atoms with Crippen molar-refractivity contribution in [3.05, 3.63) is 39.4 Å². The molecule has 2 N–H and O–H groups in total. The van der Waals surface area contributed by atoms with Crippen molar-refractivity contribution in [3.63, 3.8) is 0 Å². The number of aliphatic hydroxyl groups is 1. The zero-order chi connectivity index (χ0) is 19.5. The molecule has 1 aromatic heterocycles. The first-order valence-corrected chi connectivity index (χ1v) is 9.33. The van der Waals surface area contributed by atoms with Crippen molar-refractivity contribution in [2.45, 2.75) is 45.3 Å². The summed E-state index contributed by atoms with van der Waals surface area (Å²) in [6, 6.07) is 1.33. The summed E-state index contributed by atoms with van der Waals surface area (Å²) in [4.78, 5) is 26.0. The van der Waals surface area contributed by atoms with Crippen molar-refractivity contribution in [3.8, 4) is 0 Å². The molecule has 2 aromatic rings. The number of hydrogen-bond donors (Lipinski definition) is 2. The average molecular weight is 374 g/mol. The SMILES string of the molecule is Cc1c(N2CCC(C(C)O)C2)c(F)cc2c(=O)c(C(=O)O)cn(C3CC3)c12. The molecule has 1 aliphatic heterocycles. The predicted octanol–water partition coefficient (Wildman–Crippen LogP) is 2.69. The van der Waals surface area contributed by atoms with Gasteiger partial charge in [-0.05, 0) is 44.7 Å². The standard InChI is InChI=1S/C20H23FN2O4/c1-10-17-14(19(25)15(20(26)27)9-23(17)13-3-4-13)7-16(21)18(10)22-6-5-12(8-22)11(2)24/h7,9,11-13,24H,3-6,8H2,1-2H3,(H,26,27). The molecule has 1 saturated heterocycles. The third-order valence-electron chi connectivity index (χ3n) is 5.87. The number of hydrogen-bond acceptors (Lipinski definition) is 4. The van der Waals surface area contributed by atoms with Crippen LogP contribution in [0.15, 0.2) is 17.1 Å². The van der Waals surface area contributed by atoms with Gasteiger partial charge in [-0.1, -0.05) is 0 Å². The van der Waals surface area contributed by atoms with Gasteiger partial charge in [0.15, 0.2) is 0 Å². The molecule has 0 spiro atoms. The number of aromatic carboxylic acids is 1. The number of aromatic nitrogens is 1. The number of anilines is 1. The Morgan fingerprint density at radius 2 is 2.04 bits per heavy atom. The highest BCUT2D eigenvalue weighted by molar-refractivity contribution is 5.95. The summed E-state index contributed by atoms with van der Waals surface area (Å²) in [5.74, 6) is -1.73. The van der Waals surface area contributed by atoms with Crippen LogP contribution in [0.5, 0.6) is 0 Å². The van der Waals surface area contributed by atoms with Crippen LogP contribution in [0.25, 0.3) is 10.9 Å². The number of rotatable bonds is 4. The molecule has 2 aliphatic rings. The van der Waals surface area contributed by atoms with E-state index in [1.165, 1.54) is 12.3 Å². The van der Waals surface area contributed by atoms with Gasteiger partial charge in [-0.15, -0.1) is 0 Å². The van der Waals surface area contributed by atoms with Gasteiger partial charge < -0.3 is 19.7 Å². The van der Waals surface area contributed by atoms with Crippen LogP contribution < -0.4 is 10.3 Å². The number of aliphatic hydroxyl groups excluding tert-OH is 1. The number of pyridine rings is 1.